The van der Waals surface area contributed by atoms with Gasteiger partial charge in [0, 0.05) is 0 Å². The third-order valence-electron chi connectivity index (χ3n) is 4.28. The number of nitrogens with zero attached hydrogens (tertiary/aromatic N) is 1. The molecule has 5 nitrogen and oxygen atoms in total. The Hall–Kier alpha value is -3.08. The molecule has 1 aliphatic rings. The normalized spacial score (nSPS) is 14.3. The fraction of sp³-hybridized carbons (Fsp3) is 0.238. The van der Waals surface area contributed by atoms with Crippen LogP contribution in [0.15, 0.2) is 48.2 Å². The van der Waals surface area contributed by atoms with Gasteiger partial charge in [-0.05, 0) is 55.2 Å². The molecule has 0 aromatic heterocycles. The first-order valence-corrected chi connectivity index (χ1v) is 8.56. The Kier molecular flexibility index (Phi) is 4.80. The second-order valence-corrected chi connectivity index (χ2v) is 6.33. The minimum atomic E-state index is -0.704. The highest BCUT2D eigenvalue weighted by atomic mass is 16.5. The number of aliphatic hydroxyl groups excluding tert-OH is 1. The average Bonchev–Trinajstić information content (AvgIpc) is 2.85. The van der Waals surface area contributed by atoms with Gasteiger partial charge < -0.3 is 9.84 Å². The van der Waals surface area contributed by atoms with Crippen LogP contribution in [0, 0.1) is 13.8 Å². The van der Waals surface area contributed by atoms with Gasteiger partial charge in [-0.2, -0.15) is 0 Å². The van der Waals surface area contributed by atoms with Gasteiger partial charge in [0.1, 0.15) is 5.75 Å². The molecule has 0 atom stereocenters. The predicted octanol–water partition coefficient (Wildman–Crippen LogP) is 3.93. The molecule has 0 spiro atoms. The van der Waals surface area contributed by atoms with Gasteiger partial charge in [0.25, 0.3) is 5.91 Å². The van der Waals surface area contributed by atoms with Gasteiger partial charge in [0.2, 0.25) is 0 Å². The van der Waals surface area contributed by atoms with Crippen molar-refractivity contribution in [2.45, 2.75) is 27.2 Å². The Morgan fingerprint density at radius 3 is 2.35 bits per heavy atom. The number of hydrogen-bond donors (Lipinski definition) is 1. The predicted molar refractivity (Wildman–Crippen MR) is 100 cm³/mol. The van der Waals surface area contributed by atoms with E-state index in [1.54, 1.807) is 30.3 Å². The van der Waals surface area contributed by atoms with E-state index < -0.39 is 17.6 Å². The molecule has 0 unspecified atom stereocenters. The molecule has 0 bridgehead atoms. The number of carbonyl (C=O) groups is 2. The molecule has 3 rings (SSSR count). The van der Waals surface area contributed by atoms with Crippen LogP contribution in [0.4, 0.5) is 5.69 Å². The largest absolute Gasteiger partial charge is 0.502 e. The summed E-state index contributed by atoms with van der Waals surface area (Å²) >= 11 is 0. The molecule has 1 aliphatic heterocycles. The fourth-order valence-electron chi connectivity index (χ4n) is 2.90. The van der Waals surface area contributed by atoms with Crippen LogP contribution in [-0.4, -0.2) is 23.5 Å². The van der Waals surface area contributed by atoms with E-state index in [0.29, 0.717) is 23.6 Å². The van der Waals surface area contributed by atoms with Crippen LogP contribution in [0.2, 0.25) is 0 Å². The molecular formula is C21H21NO4. The number of imide groups is 1. The molecule has 26 heavy (non-hydrogen) atoms. The third-order valence-corrected chi connectivity index (χ3v) is 4.28. The van der Waals surface area contributed by atoms with E-state index in [4.69, 9.17) is 4.74 Å². The van der Waals surface area contributed by atoms with Gasteiger partial charge in [0.15, 0.2) is 5.76 Å². The zero-order chi connectivity index (χ0) is 18.8. The first-order chi connectivity index (χ1) is 12.4. The lowest BCUT2D eigenvalue weighted by Gasteiger charge is -2.17. The SMILES string of the molecule is CCCOc1ccc(C2=C(O)C(=O)N(c3cc(C)ccc3C)C2=O)cc1. The molecule has 134 valence electrons. The lowest BCUT2D eigenvalue weighted by molar-refractivity contribution is -0.121. The monoisotopic (exact) mass is 351 g/mol. The van der Waals surface area contributed by atoms with Crippen molar-refractivity contribution in [1.82, 2.24) is 0 Å². The number of aryl methyl sites for hydroxylation is 2. The summed E-state index contributed by atoms with van der Waals surface area (Å²) < 4.78 is 5.53. The lowest BCUT2D eigenvalue weighted by Crippen LogP contribution is -2.32. The van der Waals surface area contributed by atoms with Crippen LogP contribution < -0.4 is 9.64 Å². The number of ether oxygens (including phenoxy) is 1. The van der Waals surface area contributed by atoms with Crippen molar-refractivity contribution in [2.24, 2.45) is 0 Å². The molecule has 2 amide bonds. The highest BCUT2D eigenvalue weighted by Crippen LogP contribution is 2.34. The molecule has 0 saturated heterocycles. The van der Waals surface area contributed by atoms with Crippen LogP contribution in [0.3, 0.4) is 0 Å². The molecule has 0 aliphatic carbocycles. The Morgan fingerprint density at radius 2 is 1.69 bits per heavy atom. The Morgan fingerprint density at radius 1 is 1.00 bits per heavy atom. The molecule has 2 aromatic carbocycles. The van der Waals surface area contributed by atoms with Gasteiger partial charge in [-0.15, -0.1) is 0 Å². The second kappa shape index (κ2) is 7.04. The Labute approximate surface area is 152 Å². The third kappa shape index (κ3) is 3.08. The Bertz CT molecular complexity index is 897. The van der Waals surface area contributed by atoms with E-state index in [0.717, 1.165) is 22.4 Å². The summed E-state index contributed by atoms with van der Waals surface area (Å²) in [5, 5.41) is 10.3. The molecular weight excluding hydrogens is 330 g/mol. The number of carbonyl (C=O) groups excluding carboxylic acids is 2. The van der Waals surface area contributed by atoms with Crippen molar-refractivity contribution >= 4 is 23.1 Å². The second-order valence-electron chi connectivity index (χ2n) is 6.33. The van der Waals surface area contributed by atoms with Gasteiger partial charge in [-0.3, -0.25) is 9.59 Å². The molecule has 1 N–H and O–H groups in total. The Balaban J connectivity index is 1.95. The first-order valence-electron chi connectivity index (χ1n) is 8.56. The quantitative estimate of drug-likeness (QED) is 0.829. The summed E-state index contributed by atoms with van der Waals surface area (Å²) in [6.07, 6.45) is 0.894. The number of anilines is 1. The number of aliphatic hydroxyl groups is 1. The van der Waals surface area contributed by atoms with Crippen LogP contribution >= 0.6 is 0 Å². The number of rotatable bonds is 5. The highest BCUT2D eigenvalue weighted by molar-refractivity contribution is 6.45. The van der Waals surface area contributed by atoms with E-state index in [1.807, 2.05) is 32.9 Å². The van der Waals surface area contributed by atoms with Crippen LogP contribution in [0.1, 0.15) is 30.0 Å². The smallest absolute Gasteiger partial charge is 0.301 e. The van der Waals surface area contributed by atoms with Crippen molar-refractivity contribution < 1.29 is 19.4 Å². The van der Waals surface area contributed by atoms with Crippen molar-refractivity contribution in [3.63, 3.8) is 0 Å². The van der Waals surface area contributed by atoms with Crippen molar-refractivity contribution in [3.05, 3.63) is 64.9 Å². The molecule has 0 saturated carbocycles. The van der Waals surface area contributed by atoms with Crippen molar-refractivity contribution in [1.29, 1.82) is 0 Å². The van der Waals surface area contributed by atoms with E-state index in [-0.39, 0.29) is 5.57 Å². The molecule has 0 radical (unpaired) electrons. The zero-order valence-corrected chi connectivity index (χ0v) is 15.1. The van der Waals surface area contributed by atoms with Gasteiger partial charge in [0.05, 0.1) is 17.9 Å². The molecule has 2 aromatic rings. The van der Waals surface area contributed by atoms with E-state index >= 15 is 0 Å². The maximum absolute atomic E-state index is 12.9. The van der Waals surface area contributed by atoms with E-state index in [2.05, 4.69) is 0 Å². The molecule has 5 heteroatoms. The summed E-state index contributed by atoms with van der Waals surface area (Å²) in [6, 6.07) is 12.3. The summed E-state index contributed by atoms with van der Waals surface area (Å²) in [6.45, 7) is 6.33. The van der Waals surface area contributed by atoms with Gasteiger partial charge in [-0.1, -0.05) is 31.2 Å². The minimum Gasteiger partial charge on any atom is -0.502 e. The number of hydrogen-bond acceptors (Lipinski definition) is 4. The summed E-state index contributed by atoms with van der Waals surface area (Å²) in [5.74, 6) is -1.08. The standard InChI is InChI=1S/C21H21NO4/c1-4-11-26-16-9-7-15(8-10-16)18-19(23)21(25)22(20(18)24)17-12-13(2)5-6-14(17)3/h5-10,12,23H,4,11H2,1-3H3. The minimum absolute atomic E-state index is 0.0120. The molecule has 0 fully saturated rings. The molecule has 1 heterocycles. The van der Waals surface area contributed by atoms with E-state index in [1.165, 1.54) is 0 Å². The summed E-state index contributed by atoms with van der Waals surface area (Å²) in [4.78, 5) is 26.5. The van der Waals surface area contributed by atoms with Crippen LogP contribution in [0.5, 0.6) is 5.75 Å². The van der Waals surface area contributed by atoms with Gasteiger partial charge in [-0.25, -0.2) is 4.90 Å². The summed E-state index contributed by atoms with van der Waals surface area (Å²) in [5.41, 5.74) is 2.70. The topological polar surface area (TPSA) is 66.8 Å². The number of benzene rings is 2. The van der Waals surface area contributed by atoms with Crippen LogP contribution in [0.25, 0.3) is 5.57 Å². The number of amides is 2. The maximum atomic E-state index is 12.9. The van der Waals surface area contributed by atoms with Crippen LogP contribution in [-0.2, 0) is 9.59 Å². The van der Waals surface area contributed by atoms with Crippen molar-refractivity contribution in [2.75, 3.05) is 11.5 Å². The van der Waals surface area contributed by atoms with Crippen molar-refractivity contribution in [3.8, 4) is 5.75 Å². The van der Waals surface area contributed by atoms with Gasteiger partial charge >= 0.3 is 5.91 Å². The first kappa shape index (κ1) is 17.7. The average molecular weight is 351 g/mol. The van der Waals surface area contributed by atoms with E-state index in [9.17, 15) is 14.7 Å². The summed E-state index contributed by atoms with van der Waals surface area (Å²) in [7, 11) is 0. The zero-order valence-electron chi connectivity index (χ0n) is 15.1. The maximum Gasteiger partial charge on any atom is 0.301 e. The fourth-order valence-corrected chi connectivity index (χ4v) is 2.90. The highest BCUT2D eigenvalue weighted by Gasteiger charge is 2.40. The lowest BCUT2D eigenvalue weighted by atomic mass is 10.1.